The van der Waals surface area contributed by atoms with Crippen LogP contribution in [0.15, 0.2) is 78.4 Å². The highest BCUT2D eigenvalue weighted by atomic mass is 32.1. The highest BCUT2D eigenvalue weighted by molar-refractivity contribution is 7.13. The highest BCUT2D eigenvalue weighted by Crippen LogP contribution is 2.33. The SMILES string of the molecule is Cc1ccc(-n2nc3c(c2-n2cccc2)CN(C(=O)c2csc(-c4ccccc4)n2)C3)c(C)c1. The van der Waals surface area contributed by atoms with Crippen LogP contribution in [0.3, 0.4) is 0 Å². The van der Waals surface area contributed by atoms with E-state index in [2.05, 4.69) is 41.6 Å². The van der Waals surface area contributed by atoms with Crippen LogP contribution in [0.5, 0.6) is 0 Å². The molecule has 0 radical (unpaired) electrons. The molecule has 1 aliphatic rings. The van der Waals surface area contributed by atoms with Crippen molar-refractivity contribution in [3.05, 3.63) is 107 Å². The van der Waals surface area contributed by atoms with Gasteiger partial charge in [0.25, 0.3) is 5.91 Å². The lowest BCUT2D eigenvalue weighted by Crippen LogP contribution is -2.26. The number of amides is 1. The summed E-state index contributed by atoms with van der Waals surface area (Å²) in [6.45, 7) is 5.18. The minimum Gasteiger partial charge on any atom is -0.327 e. The van der Waals surface area contributed by atoms with Gasteiger partial charge in [-0.05, 0) is 37.6 Å². The molecule has 3 aromatic heterocycles. The zero-order valence-corrected chi connectivity index (χ0v) is 19.8. The Kier molecular flexibility index (Phi) is 4.92. The summed E-state index contributed by atoms with van der Waals surface area (Å²) in [6.07, 6.45) is 4.04. The summed E-state index contributed by atoms with van der Waals surface area (Å²) in [5.41, 5.74) is 6.94. The van der Waals surface area contributed by atoms with Crippen molar-refractivity contribution in [2.75, 3.05) is 0 Å². The van der Waals surface area contributed by atoms with Crippen molar-refractivity contribution in [3.8, 4) is 22.1 Å². The summed E-state index contributed by atoms with van der Waals surface area (Å²) in [7, 11) is 0. The predicted molar refractivity (Wildman–Crippen MR) is 133 cm³/mol. The molecule has 0 fully saturated rings. The molecule has 0 atom stereocenters. The Labute approximate surface area is 201 Å². The van der Waals surface area contributed by atoms with Gasteiger partial charge in [0.1, 0.15) is 16.5 Å². The topological polar surface area (TPSA) is 56.0 Å². The van der Waals surface area contributed by atoms with Crippen LogP contribution < -0.4 is 0 Å². The van der Waals surface area contributed by atoms with Gasteiger partial charge in [-0.15, -0.1) is 11.3 Å². The smallest absolute Gasteiger partial charge is 0.274 e. The molecule has 6 rings (SSSR count). The maximum absolute atomic E-state index is 13.3. The zero-order chi connectivity index (χ0) is 23.2. The fourth-order valence-corrected chi connectivity index (χ4v) is 5.34. The number of nitrogens with zero attached hydrogens (tertiary/aromatic N) is 5. The Morgan fingerprint density at radius 1 is 0.971 bits per heavy atom. The van der Waals surface area contributed by atoms with Gasteiger partial charge in [-0.2, -0.15) is 5.10 Å². The van der Waals surface area contributed by atoms with E-state index in [1.165, 1.54) is 22.5 Å². The van der Waals surface area contributed by atoms with Crippen LogP contribution in [0.2, 0.25) is 0 Å². The Morgan fingerprint density at radius 3 is 2.53 bits per heavy atom. The number of benzene rings is 2. The second-order valence-electron chi connectivity index (χ2n) is 8.61. The number of rotatable bonds is 4. The number of thiazole rings is 1. The van der Waals surface area contributed by atoms with Crippen LogP contribution in [0.4, 0.5) is 0 Å². The van der Waals surface area contributed by atoms with Crippen molar-refractivity contribution in [1.82, 2.24) is 24.2 Å². The lowest BCUT2D eigenvalue weighted by atomic mass is 10.1. The maximum atomic E-state index is 13.3. The quantitative estimate of drug-likeness (QED) is 0.349. The first-order valence-corrected chi connectivity index (χ1v) is 12.1. The second-order valence-corrected chi connectivity index (χ2v) is 9.46. The first-order chi connectivity index (χ1) is 16.6. The fraction of sp³-hybridized carbons (Fsp3) is 0.148. The van der Waals surface area contributed by atoms with E-state index in [1.807, 2.05) is 69.8 Å². The normalized spacial score (nSPS) is 12.8. The number of fused-ring (bicyclic) bond motifs is 1. The van der Waals surface area contributed by atoms with E-state index in [0.717, 1.165) is 33.3 Å². The summed E-state index contributed by atoms with van der Waals surface area (Å²) in [6, 6.07) is 20.4. The summed E-state index contributed by atoms with van der Waals surface area (Å²) in [5, 5.41) is 7.68. The number of hydrogen-bond donors (Lipinski definition) is 0. The van der Waals surface area contributed by atoms with Crippen LogP contribution in [0.1, 0.15) is 32.9 Å². The molecule has 4 heterocycles. The second kappa shape index (κ2) is 8.11. The molecule has 7 heteroatoms. The standard InChI is InChI=1S/C27H23N5OS/c1-18-10-11-24(19(2)14-18)32-26(30-12-6-7-13-30)21-15-31(16-22(21)29-32)27(33)23-17-34-25(28-23)20-8-4-3-5-9-20/h3-14,17H,15-16H2,1-2H3. The van der Waals surface area contributed by atoms with E-state index >= 15 is 0 Å². The predicted octanol–water partition coefficient (Wildman–Crippen LogP) is 5.56. The summed E-state index contributed by atoms with van der Waals surface area (Å²) in [5.74, 6) is 0.915. The molecule has 0 aliphatic carbocycles. The van der Waals surface area contributed by atoms with Crippen LogP contribution >= 0.6 is 11.3 Å². The molecule has 0 N–H and O–H groups in total. The molecule has 1 amide bonds. The number of hydrogen-bond acceptors (Lipinski definition) is 4. The third-order valence-corrected chi connectivity index (χ3v) is 7.08. The van der Waals surface area contributed by atoms with Crippen LogP contribution in [0, 0.1) is 13.8 Å². The van der Waals surface area contributed by atoms with Crippen molar-refractivity contribution in [3.63, 3.8) is 0 Å². The molecule has 6 nitrogen and oxygen atoms in total. The van der Waals surface area contributed by atoms with Crippen molar-refractivity contribution < 1.29 is 4.79 Å². The van der Waals surface area contributed by atoms with Gasteiger partial charge in [0.15, 0.2) is 0 Å². The molecule has 34 heavy (non-hydrogen) atoms. The lowest BCUT2D eigenvalue weighted by molar-refractivity contribution is 0.0744. The largest absolute Gasteiger partial charge is 0.327 e. The Morgan fingerprint density at radius 2 is 1.76 bits per heavy atom. The minimum atomic E-state index is -0.0621. The first kappa shape index (κ1) is 20.6. The molecule has 2 aromatic carbocycles. The first-order valence-electron chi connectivity index (χ1n) is 11.2. The van der Waals surface area contributed by atoms with E-state index in [4.69, 9.17) is 5.10 Å². The summed E-state index contributed by atoms with van der Waals surface area (Å²) >= 11 is 1.50. The molecule has 5 aromatic rings. The van der Waals surface area contributed by atoms with Gasteiger partial charge in [0.2, 0.25) is 0 Å². The van der Waals surface area contributed by atoms with E-state index in [1.54, 1.807) is 0 Å². The highest BCUT2D eigenvalue weighted by Gasteiger charge is 2.33. The molecule has 1 aliphatic heterocycles. The van der Waals surface area contributed by atoms with Crippen molar-refractivity contribution in [2.24, 2.45) is 0 Å². The monoisotopic (exact) mass is 465 g/mol. The van der Waals surface area contributed by atoms with Crippen molar-refractivity contribution >= 4 is 17.2 Å². The van der Waals surface area contributed by atoms with Gasteiger partial charge in [-0.25, -0.2) is 9.67 Å². The average molecular weight is 466 g/mol. The van der Waals surface area contributed by atoms with Crippen molar-refractivity contribution in [1.29, 1.82) is 0 Å². The number of aromatic nitrogens is 4. The van der Waals surface area contributed by atoms with Gasteiger partial charge < -0.3 is 9.47 Å². The molecule has 168 valence electrons. The molecule has 0 saturated carbocycles. The Balaban J connectivity index is 1.34. The lowest BCUT2D eigenvalue weighted by Gasteiger charge is -2.17. The molecule has 0 unspecified atom stereocenters. The van der Waals surface area contributed by atoms with E-state index in [9.17, 15) is 4.79 Å². The molecule has 0 saturated heterocycles. The maximum Gasteiger partial charge on any atom is 0.274 e. The summed E-state index contributed by atoms with van der Waals surface area (Å²) < 4.78 is 4.09. The third-order valence-electron chi connectivity index (χ3n) is 6.19. The number of carbonyl (C=O) groups excluding carboxylic acids is 1. The van der Waals surface area contributed by atoms with Crippen LogP contribution in [-0.2, 0) is 13.1 Å². The number of carbonyl (C=O) groups is 1. The van der Waals surface area contributed by atoms with Gasteiger partial charge >= 0.3 is 0 Å². The minimum absolute atomic E-state index is 0.0621. The van der Waals surface area contributed by atoms with Crippen LogP contribution in [-0.4, -0.2) is 30.1 Å². The van der Waals surface area contributed by atoms with Gasteiger partial charge in [-0.3, -0.25) is 4.79 Å². The number of aryl methyl sites for hydroxylation is 2. The van der Waals surface area contributed by atoms with E-state index in [0.29, 0.717) is 18.8 Å². The van der Waals surface area contributed by atoms with Gasteiger partial charge in [0.05, 0.1) is 24.5 Å². The average Bonchev–Trinajstić information content (AvgIpc) is 3.63. The summed E-state index contributed by atoms with van der Waals surface area (Å²) in [4.78, 5) is 19.8. The van der Waals surface area contributed by atoms with E-state index in [-0.39, 0.29) is 5.91 Å². The Hall–Kier alpha value is -3.97. The van der Waals surface area contributed by atoms with Gasteiger partial charge in [-0.1, -0.05) is 48.0 Å². The molecular weight excluding hydrogens is 442 g/mol. The molecule has 0 spiro atoms. The third kappa shape index (κ3) is 3.45. The van der Waals surface area contributed by atoms with Gasteiger partial charge in [0, 0.05) is 28.9 Å². The fourth-order valence-electron chi connectivity index (χ4n) is 4.54. The zero-order valence-electron chi connectivity index (χ0n) is 19.0. The molecule has 0 bridgehead atoms. The van der Waals surface area contributed by atoms with E-state index < -0.39 is 0 Å². The van der Waals surface area contributed by atoms with Crippen molar-refractivity contribution in [2.45, 2.75) is 26.9 Å². The Bertz CT molecular complexity index is 1500. The van der Waals surface area contributed by atoms with Crippen LogP contribution in [0.25, 0.3) is 22.1 Å². The molecular formula is C27H23N5OS.